The minimum atomic E-state index is -0.608. The molecule has 0 radical (unpaired) electrons. The Hall–Kier alpha value is -3.35. The Bertz CT molecular complexity index is 974. The minimum absolute atomic E-state index is 0.0532. The highest BCUT2D eigenvalue weighted by atomic mass is 16.5. The second-order valence-corrected chi connectivity index (χ2v) is 7.46. The van der Waals surface area contributed by atoms with E-state index >= 15 is 0 Å². The number of aryl methyl sites for hydroxylation is 1. The third-order valence-electron chi connectivity index (χ3n) is 5.58. The van der Waals surface area contributed by atoms with Crippen molar-refractivity contribution in [2.45, 2.75) is 19.3 Å². The molecule has 1 saturated heterocycles. The van der Waals surface area contributed by atoms with Crippen molar-refractivity contribution < 1.29 is 23.9 Å². The predicted octanol–water partition coefficient (Wildman–Crippen LogP) is 2.57. The normalized spacial score (nSPS) is 18.2. The summed E-state index contributed by atoms with van der Waals surface area (Å²) in [6, 6.07) is 15.0. The number of para-hydroxylation sites is 3. The Morgan fingerprint density at radius 1 is 1.07 bits per heavy atom. The fourth-order valence-electron chi connectivity index (χ4n) is 4.07. The van der Waals surface area contributed by atoms with E-state index < -0.39 is 11.9 Å². The second kappa shape index (κ2) is 8.57. The topological polar surface area (TPSA) is 76.2 Å². The average molecular weight is 408 g/mol. The van der Waals surface area contributed by atoms with Gasteiger partial charge in [0.25, 0.3) is 5.91 Å². The number of amides is 2. The third kappa shape index (κ3) is 3.87. The van der Waals surface area contributed by atoms with Crippen LogP contribution in [0.2, 0.25) is 0 Å². The quantitative estimate of drug-likeness (QED) is 0.711. The maximum absolute atomic E-state index is 12.7. The van der Waals surface area contributed by atoms with Crippen molar-refractivity contribution in [3.8, 4) is 5.75 Å². The van der Waals surface area contributed by atoms with Crippen LogP contribution in [0.4, 0.5) is 11.4 Å². The molecule has 2 heterocycles. The van der Waals surface area contributed by atoms with Crippen LogP contribution >= 0.6 is 0 Å². The van der Waals surface area contributed by atoms with Gasteiger partial charge in [0.2, 0.25) is 5.91 Å². The average Bonchev–Trinajstić information content (AvgIpc) is 3.18. The van der Waals surface area contributed by atoms with E-state index in [1.807, 2.05) is 36.4 Å². The molecule has 30 heavy (non-hydrogen) atoms. The lowest BCUT2D eigenvalue weighted by molar-refractivity contribution is -0.151. The van der Waals surface area contributed by atoms with Crippen LogP contribution in [0.15, 0.2) is 48.5 Å². The smallest absolute Gasteiger partial charge is 0.311 e. The zero-order chi connectivity index (χ0) is 21.1. The van der Waals surface area contributed by atoms with E-state index in [2.05, 4.69) is 0 Å². The number of rotatable bonds is 5. The Balaban J connectivity index is 1.37. The van der Waals surface area contributed by atoms with Gasteiger partial charge in [0.05, 0.1) is 18.7 Å². The van der Waals surface area contributed by atoms with Crippen LogP contribution in [0.5, 0.6) is 5.75 Å². The summed E-state index contributed by atoms with van der Waals surface area (Å²) in [7, 11) is 1.54. The number of carbonyl (C=O) groups is 3. The molecule has 0 saturated carbocycles. The zero-order valence-electron chi connectivity index (χ0n) is 16.9. The van der Waals surface area contributed by atoms with Gasteiger partial charge < -0.3 is 19.3 Å². The first-order valence-corrected chi connectivity index (χ1v) is 10.1. The van der Waals surface area contributed by atoms with Crippen molar-refractivity contribution in [2.24, 2.45) is 5.92 Å². The van der Waals surface area contributed by atoms with Crippen LogP contribution in [0.25, 0.3) is 0 Å². The number of esters is 1. The molecule has 2 amide bonds. The molecule has 7 heteroatoms. The number of nitrogens with zero attached hydrogens (tertiary/aromatic N) is 2. The molecule has 4 rings (SSSR count). The Morgan fingerprint density at radius 3 is 2.60 bits per heavy atom. The van der Waals surface area contributed by atoms with Crippen molar-refractivity contribution in [2.75, 3.05) is 36.6 Å². The van der Waals surface area contributed by atoms with Gasteiger partial charge in [-0.2, -0.15) is 0 Å². The maximum Gasteiger partial charge on any atom is 0.311 e. The van der Waals surface area contributed by atoms with Crippen molar-refractivity contribution in [1.29, 1.82) is 0 Å². The fourth-order valence-corrected chi connectivity index (χ4v) is 4.07. The summed E-state index contributed by atoms with van der Waals surface area (Å²) < 4.78 is 10.6. The van der Waals surface area contributed by atoms with Gasteiger partial charge in [-0.25, -0.2) is 0 Å². The molecule has 2 aromatic carbocycles. The van der Waals surface area contributed by atoms with E-state index in [1.165, 1.54) is 12.0 Å². The van der Waals surface area contributed by atoms with Gasteiger partial charge >= 0.3 is 5.97 Å². The molecule has 2 aliphatic heterocycles. The van der Waals surface area contributed by atoms with E-state index in [0.717, 1.165) is 24.1 Å². The molecule has 7 nitrogen and oxygen atoms in total. The number of benzene rings is 2. The summed E-state index contributed by atoms with van der Waals surface area (Å²) >= 11 is 0. The molecule has 0 aromatic heterocycles. The lowest BCUT2D eigenvalue weighted by atomic mass is 10.0. The summed E-state index contributed by atoms with van der Waals surface area (Å²) in [6.45, 7) is 0.488. The number of carbonyl (C=O) groups excluding carboxylic acids is 3. The van der Waals surface area contributed by atoms with Crippen molar-refractivity contribution in [3.63, 3.8) is 0 Å². The molecule has 0 spiro atoms. The highest BCUT2D eigenvalue weighted by Gasteiger charge is 2.37. The van der Waals surface area contributed by atoms with Crippen molar-refractivity contribution in [1.82, 2.24) is 0 Å². The fraction of sp³-hybridized carbons (Fsp3) is 0.348. The van der Waals surface area contributed by atoms with Crippen LogP contribution in [-0.2, 0) is 25.5 Å². The van der Waals surface area contributed by atoms with E-state index in [0.29, 0.717) is 18.0 Å². The number of ether oxygens (including phenoxy) is 2. The molecular formula is C23H24N2O5. The predicted molar refractivity (Wildman–Crippen MR) is 112 cm³/mol. The standard InChI is InChI=1S/C23H24N2O5/c1-29-20-11-5-4-10-19(20)25-14-17(13-21(25)26)23(28)30-15-22(27)24-12-6-8-16-7-2-3-9-18(16)24/h2-5,7,9-11,17H,6,8,12-15H2,1H3/t17-/m1/s1. The first-order chi connectivity index (χ1) is 14.6. The largest absolute Gasteiger partial charge is 0.495 e. The van der Waals surface area contributed by atoms with Gasteiger partial charge in [0.15, 0.2) is 6.61 Å². The van der Waals surface area contributed by atoms with Gasteiger partial charge in [-0.1, -0.05) is 30.3 Å². The molecular weight excluding hydrogens is 384 g/mol. The van der Waals surface area contributed by atoms with Crippen molar-refractivity contribution in [3.05, 3.63) is 54.1 Å². The van der Waals surface area contributed by atoms with Gasteiger partial charge in [-0.3, -0.25) is 14.4 Å². The first-order valence-electron chi connectivity index (χ1n) is 10.1. The lowest BCUT2D eigenvalue weighted by Crippen LogP contribution is -2.39. The Labute approximate surface area is 175 Å². The number of fused-ring (bicyclic) bond motifs is 1. The molecule has 0 aliphatic carbocycles. The van der Waals surface area contributed by atoms with Crippen LogP contribution in [0.3, 0.4) is 0 Å². The summed E-state index contributed by atoms with van der Waals surface area (Å²) in [4.78, 5) is 40.9. The van der Waals surface area contributed by atoms with Crippen LogP contribution < -0.4 is 14.5 Å². The van der Waals surface area contributed by atoms with E-state index in [9.17, 15) is 14.4 Å². The highest BCUT2D eigenvalue weighted by molar-refractivity contribution is 6.01. The van der Waals surface area contributed by atoms with Gasteiger partial charge in [-0.15, -0.1) is 0 Å². The second-order valence-electron chi connectivity index (χ2n) is 7.46. The summed E-state index contributed by atoms with van der Waals surface area (Å²) in [6.07, 6.45) is 1.86. The van der Waals surface area contributed by atoms with Crippen LogP contribution in [-0.4, -0.2) is 44.6 Å². The summed E-state index contributed by atoms with van der Waals surface area (Å²) in [5, 5.41) is 0. The number of hydrogen-bond donors (Lipinski definition) is 0. The SMILES string of the molecule is COc1ccccc1N1C[C@H](C(=O)OCC(=O)N2CCCc3ccccc32)CC1=O. The van der Waals surface area contributed by atoms with E-state index in [1.54, 1.807) is 17.0 Å². The Morgan fingerprint density at radius 2 is 1.80 bits per heavy atom. The molecule has 1 fully saturated rings. The van der Waals surface area contributed by atoms with Gasteiger partial charge in [0, 0.05) is 25.2 Å². The minimum Gasteiger partial charge on any atom is -0.495 e. The van der Waals surface area contributed by atoms with Crippen LogP contribution in [0.1, 0.15) is 18.4 Å². The highest BCUT2D eigenvalue weighted by Crippen LogP contribution is 2.33. The van der Waals surface area contributed by atoms with Gasteiger partial charge in [-0.05, 0) is 36.6 Å². The molecule has 0 bridgehead atoms. The summed E-state index contributed by atoms with van der Waals surface area (Å²) in [5.74, 6) is -0.985. The lowest BCUT2D eigenvalue weighted by Gasteiger charge is -2.29. The molecule has 2 aliphatic rings. The van der Waals surface area contributed by atoms with Crippen molar-refractivity contribution >= 4 is 29.2 Å². The molecule has 2 aromatic rings. The molecule has 1 atom stereocenters. The first kappa shape index (κ1) is 19.9. The van der Waals surface area contributed by atoms with Crippen LogP contribution in [0, 0.1) is 5.92 Å². The maximum atomic E-state index is 12.7. The number of anilines is 2. The third-order valence-corrected chi connectivity index (χ3v) is 5.58. The van der Waals surface area contributed by atoms with E-state index in [-0.39, 0.29) is 31.4 Å². The number of methoxy groups -OCH3 is 1. The summed E-state index contributed by atoms with van der Waals surface area (Å²) in [5.41, 5.74) is 2.63. The zero-order valence-corrected chi connectivity index (χ0v) is 16.9. The number of hydrogen-bond acceptors (Lipinski definition) is 5. The molecule has 156 valence electrons. The Kier molecular flexibility index (Phi) is 5.70. The molecule has 0 unspecified atom stereocenters. The monoisotopic (exact) mass is 408 g/mol. The molecule has 0 N–H and O–H groups in total. The van der Waals surface area contributed by atoms with Gasteiger partial charge in [0.1, 0.15) is 5.75 Å². The van der Waals surface area contributed by atoms with E-state index in [4.69, 9.17) is 9.47 Å².